The number of hydrogen-bond donors (Lipinski definition) is 2. The van der Waals surface area contributed by atoms with E-state index in [1.54, 1.807) is 42.3 Å². The molecule has 1 fully saturated rings. The predicted octanol–water partition coefficient (Wildman–Crippen LogP) is 1.17. The molecule has 0 spiro atoms. The minimum Gasteiger partial charge on any atom is -0.475 e. The number of methoxy groups -OCH3 is 1. The maximum atomic E-state index is 12.9. The molecule has 13 heteroatoms. The number of carboxylic acids is 1. The van der Waals surface area contributed by atoms with Gasteiger partial charge in [0.1, 0.15) is 0 Å². The molecule has 182 valence electrons. The smallest absolute Gasteiger partial charge is 0.475 e. The number of aliphatic carboxylic acids is 1. The summed E-state index contributed by atoms with van der Waals surface area (Å²) in [5.74, 6) is -2.76. The fraction of sp³-hybridized carbons (Fsp3) is 0.579. The van der Waals surface area contributed by atoms with Gasteiger partial charge in [0.2, 0.25) is 15.9 Å². The largest absolute Gasteiger partial charge is 0.490 e. The Morgan fingerprint density at radius 3 is 2.22 bits per heavy atom. The van der Waals surface area contributed by atoms with Gasteiger partial charge in [0.25, 0.3) is 0 Å². The molecule has 1 aromatic rings. The number of halogens is 3. The van der Waals surface area contributed by atoms with Crippen LogP contribution in [0.5, 0.6) is 0 Å². The second kappa shape index (κ2) is 13.4. The summed E-state index contributed by atoms with van der Waals surface area (Å²) in [6.45, 7) is 3.91. The molecule has 1 saturated heterocycles. The zero-order chi connectivity index (χ0) is 24.2. The van der Waals surface area contributed by atoms with Crippen LogP contribution < -0.4 is 5.32 Å². The van der Waals surface area contributed by atoms with E-state index < -0.39 is 22.2 Å². The average Bonchev–Trinajstić information content (AvgIpc) is 2.76. The topological polar surface area (TPSA) is 116 Å². The van der Waals surface area contributed by atoms with Crippen LogP contribution in [-0.4, -0.2) is 93.8 Å². The standard InChI is InChI=1S/C17H27N3O4S.C2HF3O2/c1-24-15-5-11-20(25(22,23)16-6-3-2-4-7-16)12-8-17(21)19-13-9-18-10-14-19;3-2(4,5)1(6)7/h2-4,6-7,18H,5,8-15H2,1H3;(H,6,7). The maximum absolute atomic E-state index is 12.9. The highest BCUT2D eigenvalue weighted by molar-refractivity contribution is 7.89. The number of amides is 1. The molecule has 0 saturated carbocycles. The molecule has 1 heterocycles. The molecular formula is C19H28F3N3O6S. The van der Waals surface area contributed by atoms with Crippen LogP contribution in [-0.2, 0) is 24.3 Å². The number of carbonyl (C=O) groups excluding carboxylic acids is 1. The summed E-state index contributed by atoms with van der Waals surface area (Å²) in [6.07, 6.45) is -4.30. The number of benzene rings is 1. The first-order valence-corrected chi connectivity index (χ1v) is 11.3. The van der Waals surface area contributed by atoms with Crippen molar-refractivity contribution in [2.45, 2.75) is 23.9 Å². The van der Waals surface area contributed by atoms with E-state index in [-0.39, 0.29) is 23.8 Å². The summed E-state index contributed by atoms with van der Waals surface area (Å²) < 4.78 is 63.9. The fourth-order valence-corrected chi connectivity index (χ4v) is 4.27. The molecule has 0 aromatic heterocycles. The molecule has 1 aliphatic heterocycles. The Labute approximate surface area is 185 Å². The van der Waals surface area contributed by atoms with Crippen LogP contribution >= 0.6 is 0 Å². The molecule has 0 bridgehead atoms. The SMILES string of the molecule is COCCCN(CCC(=O)N1CCNCC1)S(=O)(=O)c1ccccc1.O=C(O)C(F)(F)F. The van der Waals surface area contributed by atoms with Gasteiger partial charge in [0, 0.05) is 59.4 Å². The highest BCUT2D eigenvalue weighted by atomic mass is 32.2. The van der Waals surface area contributed by atoms with Crippen molar-refractivity contribution in [3.8, 4) is 0 Å². The van der Waals surface area contributed by atoms with Crippen molar-refractivity contribution in [2.24, 2.45) is 0 Å². The monoisotopic (exact) mass is 483 g/mol. The molecule has 9 nitrogen and oxygen atoms in total. The summed E-state index contributed by atoms with van der Waals surface area (Å²) in [5, 5.41) is 10.3. The Morgan fingerprint density at radius 1 is 1.16 bits per heavy atom. The van der Waals surface area contributed by atoms with E-state index >= 15 is 0 Å². The van der Waals surface area contributed by atoms with Crippen molar-refractivity contribution in [3.05, 3.63) is 30.3 Å². The van der Waals surface area contributed by atoms with Crippen LogP contribution in [0, 0.1) is 0 Å². The Morgan fingerprint density at radius 2 is 1.72 bits per heavy atom. The van der Waals surface area contributed by atoms with Gasteiger partial charge in [-0.2, -0.15) is 17.5 Å². The molecule has 0 atom stereocenters. The summed E-state index contributed by atoms with van der Waals surface area (Å²) in [5.41, 5.74) is 0. The number of rotatable bonds is 9. The number of hydrogen-bond acceptors (Lipinski definition) is 6. The molecule has 0 aliphatic carbocycles. The Hall–Kier alpha value is -2.22. The minimum absolute atomic E-state index is 0.00139. The highest BCUT2D eigenvalue weighted by Crippen LogP contribution is 2.16. The third-order valence-corrected chi connectivity index (χ3v) is 6.34. The fourth-order valence-electron chi connectivity index (χ4n) is 2.77. The van der Waals surface area contributed by atoms with Gasteiger partial charge >= 0.3 is 12.1 Å². The number of nitrogens with zero attached hydrogens (tertiary/aromatic N) is 2. The number of piperazine rings is 1. The number of sulfonamides is 1. The van der Waals surface area contributed by atoms with Gasteiger partial charge in [0.15, 0.2) is 0 Å². The first-order chi connectivity index (χ1) is 15.0. The number of nitrogens with one attached hydrogen (secondary N) is 1. The van der Waals surface area contributed by atoms with Gasteiger partial charge < -0.3 is 20.1 Å². The molecule has 1 amide bonds. The summed E-state index contributed by atoms with van der Waals surface area (Å²) in [4.78, 5) is 23.3. The van der Waals surface area contributed by atoms with Gasteiger partial charge in [-0.15, -0.1) is 0 Å². The van der Waals surface area contributed by atoms with E-state index in [4.69, 9.17) is 14.6 Å². The lowest BCUT2D eigenvalue weighted by Crippen LogP contribution is -2.47. The molecule has 2 N–H and O–H groups in total. The van der Waals surface area contributed by atoms with Crippen molar-refractivity contribution in [3.63, 3.8) is 0 Å². The molecule has 0 radical (unpaired) electrons. The predicted molar refractivity (Wildman–Crippen MR) is 109 cm³/mol. The number of ether oxygens (including phenoxy) is 1. The summed E-state index contributed by atoms with van der Waals surface area (Å²) in [7, 11) is -2.03. The first kappa shape index (κ1) is 27.8. The van der Waals surface area contributed by atoms with E-state index in [1.807, 2.05) is 0 Å². The number of carboxylic acid groups (broad SMARTS) is 1. The van der Waals surface area contributed by atoms with Crippen LogP contribution in [0.1, 0.15) is 12.8 Å². The second-order valence-electron chi connectivity index (χ2n) is 6.75. The van der Waals surface area contributed by atoms with Crippen molar-refractivity contribution >= 4 is 21.9 Å². The minimum atomic E-state index is -5.08. The average molecular weight is 484 g/mol. The Balaban J connectivity index is 0.000000633. The molecule has 0 unspecified atom stereocenters. The van der Waals surface area contributed by atoms with Crippen molar-refractivity contribution in [1.29, 1.82) is 0 Å². The molecule has 32 heavy (non-hydrogen) atoms. The number of alkyl halides is 3. The van der Waals surface area contributed by atoms with E-state index in [1.165, 1.54) is 4.31 Å². The summed E-state index contributed by atoms with van der Waals surface area (Å²) >= 11 is 0. The van der Waals surface area contributed by atoms with Crippen LogP contribution in [0.15, 0.2) is 35.2 Å². The third kappa shape index (κ3) is 9.51. The first-order valence-electron chi connectivity index (χ1n) is 9.83. The van der Waals surface area contributed by atoms with Gasteiger partial charge in [-0.1, -0.05) is 18.2 Å². The molecule has 1 aliphatic rings. The maximum Gasteiger partial charge on any atom is 0.490 e. The lowest BCUT2D eigenvalue weighted by Gasteiger charge is -2.28. The Bertz CT molecular complexity index is 815. The second-order valence-corrected chi connectivity index (χ2v) is 8.69. The van der Waals surface area contributed by atoms with Crippen molar-refractivity contribution in [1.82, 2.24) is 14.5 Å². The van der Waals surface area contributed by atoms with E-state index in [2.05, 4.69) is 5.32 Å². The van der Waals surface area contributed by atoms with Crippen molar-refractivity contribution in [2.75, 3.05) is 53.0 Å². The van der Waals surface area contributed by atoms with Crippen LogP contribution in [0.25, 0.3) is 0 Å². The third-order valence-electron chi connectivity index (χ3n) is 4.42. The van der Waals surface area contributed by atoms with E-state index in [9.17, 15) is 26.4 Å². The molecular weight excluding hydrogens is 455 g/mol. The van der Waals surface area contributed by atoms with Crippen LogP contribution in [0.3, 0.4) is 0 Å². The quantitative estimate of drug-likeness (QED) is 0.507. The van der Waals surface area contributed by atoms with Gasteiger partial charge in [0.05, 0.1) is 4.90 Å². The highest BCUT2D eigenvalue weighted by Gasteiger charge is 2.38. The van der Waals surface area contributed by atoms with Gasteiger partial charge in [-0.05, 0) is 18.6 Å². The van der Waals surface area contributed by atoms with Gasteiger partial charge in [-0.25, -0.2) is 13.2 Å². The lowest BCUT2D eigenvalue weighted by molar-refractivity contribution is -0.192. The van der Waals surface area contributed by atoms with Gasteiger partial charge in [-0.3, -0.25) is 4.79 Å². The number of carbonyl (C=O) groups is 2. The normalized spacial score (nSPS) is 14.6. The van der Waals surface area contributed by atoms with Crippen LogP contribution in [0.4, 0.5) is 13.2 Å². The molecule has 1 aromatic carbocycles. The molecule has 2 rings (SSSR count). The zero-order valence-corrected chi connectivity index (χ0v) is 18.5. The Kier molecular flexibility index (Phi) is 11.6. The van der Waals surface area contributed by atoms with E-state index in [0.717, 1.165) is 13.1 Å². The van der Waals surface area contributed by atoms with Crippen molar-refractivity contribution < 1.29 is 41.0 Å². The van der Waals surface area contributed by atoms with E-state index in [0.29, 0.717) is 32.7 Å². The summed E-state index contributed by atoms with van der Waals surface area (Å²) in [6, 6.07) is 8.34. The lowest BCUT2D eigenvalue weighted by atomic mass is 10.3. The zero-order valence-electron chi connectivity index (χ0n) is 17.7. The van der Waals surface area contributed by atoms with Crippen LogP contribution in [0.2, 0.25) is 0 Å².